The molecule has 2 aromatic rings. The van der Waals surface area contributed by atoms with Gasteiger partial charge >= 0.3 is 0 Å². The number of nitrogens with one attached hydrogen (secondary N) is 2. The van der Waals surface area contributed by atoms with Gasteiger partial charge in [0, 0.05) is 16.3 Å². The maximum absolute atomic E-state index is 4.71. The van der Waals surface area contributed by atoms with Crippen LogP contribution in [-0.2, 0) is 13.1 Å². The van der Waals surface area contributed by atoms with Crippen molar-refractivity contribution in [3.8, 4) is 0 Å². The Morgan fingerprint density at radius 1 is 1.27 bits per heavy atom. The van der Waals surface area contributed by atoms with Gasteiger partial charge in [0.2, 0.25) is 0 Å². The zero-order valence-corrected chi connectivity index (χ0v) is 15.0. The second kappa shape index (κ2) is 8.86. The Kier molecular flexibility index (Phi) is 6.80. The molecule has 0 fully saturated rings. The summed E-state index contributed by atoms with van der Waals surface area (Å²) in [5, 5.41) is 8.78. The molecule has 1 heterocycles. The van der Waals surface area contributed by atoms with E-state index in [2.05, 4.69) is 66.4 Å². The highest BCUT2D eigenvalue weighted by Crippen LogP contribution is 2.22. The highest BCUT2D eigenvalue weighted by atomic mass is 32.2. The molecule has 0 atom stereocenters. The van der Waals surface area contributed by atoms with E-state index < -0.39 is 0 Å². The molecule has 22 heavy (non-hydrogen) atoms. The summed E-state index contributed by atoms with van der Waals surface area (Å²) in [6, 6.07) is 10.8. The van der Waals surface area contributed by atoms with Crippen molar-refractivity contribution in [3.05, 3.63) is 51.7 Å². The molecule has 1 aromatic carbocycles. The molecule has 2 rings (SSSR count). The number of rotatable bonds is 6. The van der Waals surface area contributed by atoms with E-state index >= 15 is 0 Å². The van der Waals surface area contributed by atoms with E-state index in [0.29, 0.717) is 6.54 Å². The number of guanidine groups is 1. The Labute approximate surface area is 141 Å². The lowest BCUT2D eigenvalue weighted by Crippen LogP contribution is -2.36. The molecule has 0 saturated heterocycles. The van der Waals surface area contributed by atoms with Crippen LogP contribution in [-0.4, -0.2) is 18.8 Å². The quantitative estimate of drug-likeness (QED) is 0.476. The van der Waals surface area contributed by atoms with Gasteiger partial charge in [-0.3, -0.25) is 0 Å². The Morgan fingerprint density at radius 2 is 2.14 bits per heavy atom. The topological polar surface area (TPSA) is 36.4 Å². The molecule has 0 amide bonds. The second-order valence-electron chi connectivity index (χ2n) is 4.94. The summed E-state index contributed by atoms with van der Waals surface area (Å²) in [5.74, 6) is 0.864. The molecule has 118 valence electrons. The molecule has 0 saturated carbocycles. The lowest BCUT2D eigenvalue weighted by molar-refractivity contribution is 0.821. The van der Waals surface area contributed by atoms with E-state index in [4.69, 9.17) is 4.99 Å². The average Bonchev–Trinajstić information content (AvgIpc) is 3.04. The first-order chi connectivity index (χ1) is 10.7. The Hall–Kier alpha value is -1.46. The third kappa shape index (κ3) is 5.07. The van der Waals surface area contributed by atoms with Gasteiger partial charge in [0.15, 0.2) is 5.96 Å². The molecule has 0 aliphatic rings. The second-order valence-corrected chi connectivity index (χ2v) is 6.82. The summed E-state index contributed by atoms with van der Waals surface area (Å²) >= 11 is 3.53. The molecular weight excluding hydrogens is 310 g/mol. The maximum atomic E-state index is 4.71. The summed E-state index contributed by atoms with van der Waals surface area (Å²) in [6.07, 6.45) is 2.11. The van der Waals surface area contributed by atoms with Gasteiger partial charge in [-0.1, -0.05) is 18.2 Å². The van der Waals surface area contributed by atoms with Gasteiger partial charge in [-0.25, -0.2) is 4.99 Å². The van der Waals surface area contributed by atoms with E-state index in [1.54, 1.807) is 23.1 Å². The fourth-order valence-electron chi connectivity index (χ4n) is 2.07. The van der Waals surface area contributed by atoms with Crippen molar-refractivity contribution in [2.75, 3.05) is 12.8 Å². The van der Waals surface area contributed by atoms with E-state index in [-0.39, 0.29) is 0 Å². The molecule has 0 spiro atoms. The normalized spacial score (nSPS) is 11.5. The van der Waals surface area contributed by atoms with Crippen LogP contribution in [0.25, 0.3) is 0 Å². The third-order valence-corrected chi connectivity index (χ3v) is 4.90. The van der Waals surface area contributed by atoms with Crippen LogP contribution in [0, 0.1) is 6.92 Å². The predicted octanol–water partition coefficient (Wildman–Crippen LogP) is 4.03. The van der Waals surface area contributed by atoms with Gasteiger partial charge in [-0.05, 0) is 48.7 Å². The van der Waals surface area contributed by atoms with Crippen LogP contribution in [0.5, 0.6) is 0 Å². The number of aryl methyl sites for hydroxylation is 1. The molecule has 5 heteroatoms. The van der Waals surface area contributed by atoms with Crippen LogP contribution in [0.2, 0.25) is 0 Å². The number of nitrogens with zero attached hydrogens (tertiary/aromatic N) is 1. The molecule has 3 nitrogen and oxygen atoms in total. The van der Waals surface area contributed by atoms with Gasteiger partial charge in [-0.15, -0.1) is 23.1 Å². The number of aliphatic imine (C=N–C) groups is 1. The van der Waals surface area contributed by atoms with Gasteiger partial charge in [0.1, 0.15) is 0 Å². The monoisotopic (exact) mass is 333 g/mol. The van der Waals surface area contributed by atoms with Crippen LogP contribution >= 0.6 is 23.1 Å². The molecule has 0 unspecified atom stereocenters. The van der Waals surface area contributed by atoms with Crippen molar-refractivity contribution in [1.29, 1.82) is 0 Å². The van der Waals surface area contributed by atoms with Gasteiger partial charge in [0.25, 0.3) is 0 Å². The van der Waals surface area contributed by atoms with E-state index in [0.717, 1.165) is 19.0 Å². The van der Waals surface area contributed by atoms with E-state index in [1.165, 1.54) is 20.9 Å². The summed E-state index contributed by atoms with van der Waals surface area (Å²) in [4.78, 5) is 7.32. The van der Waals surface area contributed by atoms with E-state index in [1.807, 2.05) is 0 Å². The summed E-state index contributed by atoms with van der Waals surface area (Å²) in [7, 11) is 0. The fraction of sp³-hybridized carbons (Fsp3) is 0.353. The highest BCUT2D eigenvalue weighted by molar-refractivity contribution is 7.98. The summed E-state index contributed by atoms with van der Waals surface area (Å²) in [5.41, 5.74) is 2.56. The Morgan fingerprint density at radius 3 is 2.82 bits per heavy atom. The van der Waals surface area contributed by atoms with Crippen molar-refractivity contribution < 1.29 is 0 Å². The SMILES string of the molecule is CCNC(=NCc1ccc(C)cc1SC)NCc1cccs1. The number of benzene rings is 1. The van der Waals surface area contributed by atoms with Crippen molar-refractivity contribution in [3.63, 3.8) is 0 Å². The lowest BCUT2D eigenvalue weighted by atomic mass is 10.1. The minimum atomic E-state index is 0.691. The first kappa shape index (κ1) is 16.9. The number of hydrogen-bond acceptors (Lipinski definition) is 3. The Balaban J connectivity index is 2.03. The molecule has 0 radical (unpaired) electrons. The maximum Gasteiger partial charge on any atom is 0.191 e. The van der Waals surface area contributed by atoms with E-state index in [9.17, 15) is 0 Å². The fourth-order valence-corrected chi connectivity index (χ4v) is 3.42. The zero-order chi connectivity index (χ0) is 15.8. The number of thiophene rings is 1. The standard InChI is InChI=1S/C17H23N3S2/c1-4-18-17(20-12-15-6-5-9-22-15)19-11-14-8-7-13(2)10-16(14)21-3/h5-10H,4,11-12H2,1-3H3,(H2,18,19,20). The largest absolute Gasteiger partial charge is 0.357 e. The molecule has 1 aromatic heterocycles. The van der Waals surface area contributed by atoms with Crippen molar-refractivity contribution in [2.24, 2.45) is 4.99 Å². The zero-order valence-electron chi connectivity index (χ0n) is 13.3. The van der Waals surface area contributed by atoms with Crippen LogP contribution in [0.15, 0.2) is 45.6 Å². The smallest absolute Gasteiger partial charge is 0.191 e. The molecular formula is C17H23N3S2. The Bertz CT molecular complexity index is 606. The van der Waals surface area contributed by atoms with Crippen molar-refractivity contribution in [1.82, 2.24) is 10.6 Å². The van der Waals surface area contributed by atoms with Gasteiger partial charge in [-0.2, -0.15) is 0 Å². The third-order valence-electron chi connectivity index (χ3n) is 3.20. The molecule has 0 aliphatic carbocycles. The first-order valence-electron chi connectivity index (χ1n) is 7.41. The lowest BCUT2D eigenvalue weighted by Gasteiger charge is -2.11. The predicted molar refractivity (Wildman–Crippen MR) is 98.9 cm³/mol. The first-order valence-corrected chi connectivity index (χ1v) is 9.51. The number of hydrogen-bond donors (Lipinski definition) is 2. The van der Waals surface area contributed by atoms with Crippen LogP contribution in [0.3, 0.4) is 0 Å². The highest BCUT2D eigenvalue weighted by Gasteiger charge is 2.03. The van der Waals surface area contributed by atoms with Crippen LogP contribution in [0.4, 0.5) is 0 Å². The number of thioether (sulfide) groups is 1. The summed E-state index contributed by atoms with van der Waals surface area (Å²) < 4.78 is 0. The minimum Gasteiger partial charge on any atom is -0.357 e. The van der Waals surface area contributed by atoms with Crippen LogP contribution in [0.1, 0.15) is 22.9 Å². The van der Waals surface area contributed by atoms with Crippen molar-refractivity contribution >= 4 is 29.1 Å². The summed E-state index contributed by atoms with van der Waals surface area (Å²) in [6.45, 7) is 6.57. The minimum absolute atomic E-state index is 0.691. The average molecular weight is 334 g/mol. The van der Waals surface area contributed by atoms with Gasteiger partial charge in [0.05, 0.1) is 13.1 Å². The van der Waals surface area contributed by atoms with Crippen LogP contribution < -0.4 is 10.6 Å². The van der Waals surface area contributed by atoms with Crippen molar-refractivity contribution in [2.45, 2.75) is 31.8 Å². The van der Waals surface area contributed by atoms with Gasteiger partial charge < -0.3 is 10.6 Å². The molecule has 0 bridgehead atoms. The molecule has 2 N–H and O–H groups in total. The molecule has 0 aliphatic heterocycles.